The van der Waals surface area contributed by atoms with Gasteiger partial charge in [-0.1, -0.05) is 48.0 Å². The van der Waals surface area contributed by atoms with Crippen molar-refractivity contribution < 1.29 is 9.59 Å². The van der Waals surface area contributed by atoms with Crippen LogP contribution in [0.3, 0.4) is 0 Å². The quantitative estimate of drug-likeness (QED) is 0.659. The molecule has 5 nitrogen and oxygen atoms in total. The average molecular weight is 482 g/mol. The molecule has 5 rings (SSSR count). The summed E-state index contributed by atoms with van der Waals surface area (Å²) in [5.41, 5.74) is 2.14. The van der Waals surface area contributed by atoms with E-state index in [1.165, 1.54) is 0 Å². The summed E-state index contributed by atoms with van der Waals surface area (Å²) >= 11 is 7.81. The number of benzene rings is 2. The molecule has 0 spiro atoms. The fourth-order valence-electron chi connectivity index (χ4n) is 5.03. The Morgan fingerprint density at radius 1 is 1.03 bits per heavy atom. The summed E-state index contributed by atoms with van der Waals surface area (Å²) in [7, 11) is 0. The average Bonchev–Trinajstić information content (AvgIpc) is 2.84. The molecule has 172 valence electrons. The summed E-state index contributed by atoms with van der Waals surface area (Å²) < 4.78 is 0. The van der Waals surface area contributed by atoms with E-state index in [-0.39, 0.29) is 23.8 Å². The first-order valence-corrected chi connectivity index (χ1v) is 12.9. The number of anilines is 1. The minimum absolute atomic E-state index is 0.00970. The Labute approximate surface area is 204 Å². The van der Waals surface area contributed by atoms with E-state index in [9.17, 15) is 9.59 Å². The van der Waals surface area contributed by atoms with Crippen molar-refractivity contribution in [2.75, 3.05) is 31.1 Å². The highest BCUT2D eigenvalue weighted by molar-refractivity contribution is 8.04. The normalized spacial score (nSPS) is 26.6. The molecule has 7 heteroatoms. The third kappa shape index (κ3) is 5.07. The summed E-state index contributed by atoms with van der Waals surface area (Å²) in [4.78, 5) is 31.0. The zero-order valence-corrected chi connectivity index (χ0v) is 20.0. The molecule has 3 unspecified atom stereocenters. The molecule has 2 aromatic carbocycles. The molecule has 33 heavy (non-hydrogen) atoms. The molecule has 2 amide bonds. The predicted octanol–water partition coefficient (Wildman–Crippen LogP) is 4.43. The molecule has 1 saturated carbocycles. The first kappa shape index (κ1) is 22.4. The van der Waals surface area contributed by atoms with Crippen LogP contribution in [0.1, 0.15) is 24.8 Å². The number of carbonyl (C=O) groups is 2. The zero-order valence-electron chi connectivity index (χ0n) is 18.5. The highest BCUT2D eigenvalue weighted by Crippen LogP contribution is 2.40. The van der Waals surface area contributed by atoms with Gasteiger partial charge >= 0.3 is 0 Å². The number of hydrogen-bond acceptors (Lipinski definition) is 4. The van der Waals surface area contributed by atoms with E-state index in [0.29, 0.717) is 5.25 Å². The fraction of sp³-hybridized carbons (Fsp3) is 0.385. The van der Waals surface area contributed by atoms with Gasteiger partial charge in [0.15, 0.2) is 0 Å². The van der Waals surface area contributed by atoms with Crippen LogP contribution in [0.4, 0.5) is 5.69 Å². The number of fused-ring (bicyclic) bond motifs is 1. The van der Waals surface area contributed by atoms with Gasteiger partial charge in [-0.15, -0.1) is 11.8 Å². The zero-order chi connectivity index (χ0) is 22.8. The predicted molar refractivity (Wildman–Crippen MR) is 135 cm³/mol. The maximum Gasteiger partial charge on any atom is 0.257 e. The monoisotopic (exact) mass is 481 g/mol. The summed E-state index contributed by atoms with van der Waals surface area (Å²) in [6, 6.07) is 17.9. The molecule has 2 aromatic rings. The van der Waals surface area contributed by atoms with Crippen molar-refractivity contribution in [1.82, 2.24) is 10.2 Å². The smallest absolute Gasteiger partial charge is 0.257 e. The Morgan fingerprint density at radius 3 is 2.58 bits per heavy atom. The first-order valence-electron chi connectivity index (χ1n) is 11.6. The third-order valence-electron chi connectivity index (χ3n) is 6.82. The summed E-state index contributed by atoms with van der Waals surface area (Å²) in [6.07, 6.45) is 4.53. The van der Waals surface area contributed by atoms with Crippen molar-refractivity contribution in [2.45, 2.75) is 30.6 Å². The van der Waals surface area contributed by atoms with Gasteiger partial charge in [-0.2, -0.15) is 0 Å². The second kappa shape index (κ2) is 9.82. The second-order valence-corrected chi connectivity index (χ2v) is 10.7. The van der Waals surface area contributed by atoms with E-state index in [1.54, 1.807) is 11.8 Å². The highest BCUT2D eigenvalue weighted by atomic mass is 35.5. The standard InChI is InChI=1S/C26H28ClN3O2S/c27-20-7-4-8-21(17-20)29-11-13-30(14-12-29)26(32)19-9-10-23-22(16-19)28-25(31)24(33-23)15-18-5-2-1-3-6-18/h1-8,15,17,19,22-23H,9-14,16H2,(H,28,31)/b24-15-. The van der Waals surface area contributed by atoms with E-state index in [0.717, 1.165) is 66.6 Å². The lowest BCUT2D eigenvalue weighted by atomic mass is 9.84. The minimum atomic E-state index is -0.0201. The molecule has 2 heterocycles. The number of nitrogens with one attached hydrogen (secondary N) is 1. The van der Waals surface area contributed by atoms with Crippen LogP contribution < -0.4 is 10.2 Å². The van der Waals surface area contributed by atoms with Gasteiger partial charge in [0.05, 0.1) is 4.91 Å². The van der Waals surface area contributed by atoms with Gasteiger partial charge in [-0.05, 0) is 49.1 Å². The molecule has 0 bridgehead atoms. The second-order valence-electron chi connectivity index (χ2n) is 8.96. The van der Waals surface area contributed by atoms with Crippen LogP contribution in [0.2, 0.25) is 5.02 Å². The topological polar surface area (TPSA) is 52.7 Å². The van der Waals surface area contributed by atoms with Crippen molar-refractivity contribution in [3.63, 3.8) is 0 Å². The van der Waals surface area contributed by atoms with Crippen molar-refractivity contribution >= 4 is 46.9 Å². The van der Waals surface area contributed by atoms with Crippen LogP contribution >= 0.6 is 23.4 Å². The molecule has 3 aliphatic rings. The molecule has 3 atom stereocenters. The fourth-order valence-corrected chi connectivity index (χ4v) is 6.51. The molecule has 1 aliphatic carbocycles. The van der Waals surface area contributed by atoms with Crippen molar-refractivity contribution in [1.29, 1.82) is 0 Å². The summed E-state index contributed by atoms with van der Waals surface area (Å²) in [5, 5.41) is 4.26. The summed E-state index contributed by atoms with van der Waals surface area (Å²) in [6.45, 7) is 3.07. The van der Waals surface area contributed by atoms with E-state index in [4.69, 9.17) is 11.6 Å². The molecule has 0 aromatic heterocycles. The Bertz CT molecular complexity index is 1050. The van der Waals surface area contributed by atoms with Gasteiger partial charge in [-0.3, -0.25) is 9.59 Å². The number of rotatable bonds is 3. The SMILES string of the molecule is O=C1NC2CC(C(=O)N3CCN(c4cccc(Cl)c4)CC3)CCC2S/C1=C\c1ccccc1. The van der Waals surface area contributed by atoms with Gasteiger partial charge in [0.2, 0.25) is 5.91 Å². The van der Waals surface area contributed by atoms with E-state index in [2.05, 4.69) is 16.3 Å². The molecular formula is C26H28ClN3O2S. The number of piperazine rings is 1. The van der Waals surface area contributed by atoms with Crippen LogP contribution in [-0.4, -0.2) is 54.2 Å². The van der Waals surface area contributed by atoms with Crippen LogP contribution in [0.25, 0.3) is 6.08 Å². The number of hydrogen-bond donors (Lipinski definition) is 1. The van der Waals surface area contributed by atoms with Crippen molar-refractivity contribution in [3.8, 4) is 0 Å². The highest BCUT2D eigenvalue weighted by Gasteiger charge is 2.41. The van der Waals surface area contributed by atoms with Gasteiger partial charge in [0.25, 0.3) is 5.91 Å². The largest absolute Gasteiger partial charge is 0.368 e. The van der Waals surface area contributed by atoms with Gasteiger partial charge < -0.3 is 15.1 Å². The Balaban J connectivity index is 1.17. The number of halogens is 1. The number of thioether (sulfide) groups is 1. The molecule has 2 saturated heterocycles. The molecule has 1 N–H and O–H groups in total. The maximum atomic E-state index is 13.3. The van der Waals surface area contributed by atoms with E-state index in [1.807, 2.05) is 59.5 Å². The van der Waals surface area contributed by atoms with E-state index >= 15 is 0 Å². The Kier molecular flexibility index (Phi) is 6.65. The molecule has 3 fully saturated rings. The third-order valence-corrected chi connectivity index (χ3v) is 8.48. The maximum absolute atomic E-state index is 13.3. The summed E-state index contributed by atoms with van der Waals surface area (Å²) in [5.74, 6) is 0.210. The van der Waals surface area contributed by atoms with Gasteiger partial charge in [0.1, 0.15) is 0 Å². The molecule has 0 radical (unpaired) electrons. The van der Waals surface area contributed by atoms with Gasteiger partial charge in [0, 0.05) is 54.1 Å². The molecule has 2 aliphatic heterocycles. The van der Waals surface area contributed by atoms with Crippen LogP contribution in [-0.2, 0) is 9.59 Å². The lowest BCUT2D eigenvalue weighted by molar-refractivity contribution is -0.137. The lowest BCUT2D eigenvalue weighted by Crippen LogP contribution is -2.54. The first-order chi connectivity index (χ1) is 16.1. The van der Waals surface area contributed by atoms with Crippen molar-refractivity contribution in [2.24, 2.45) is 5.92 Å². The lowest BCUT2D eigenvalue weighted by Gasteiger charge is -2.42. The van der Waals surface area contributed by atoms with Crippen LogP contribution in [0.5, 0.6) is 0 Å². The number of carbonyl (C=O) groups excluding carboxylic acids is 2. The van der Waals surface area contributed by atoms with E-state index < -0.39 is 0 Å². The van der Waals surface area contributed by atoms with Crippen molar-refractivity contribution in [3.05, 3.63) is 70.1 Å². The Morgan fingerprint density at radius 2 is 1.82 bits per heavy atom. The van der Waals surface area contributed by atoms with Crippen LogP contribution in [0, 0.1) is 5.92 Å². The van der Waals surface area contributed by atoms with Gasteiger partial charge in [-0.25, -0.2) is 0 Å². The minimum Gasteiger partial charge on any atom is -0.368 e. The number of nitrogens with zero attached hydrogens (tertiary/aromatic N) is 2. The Hall–Kier alpha value is -2.44. The molecular weight excluding hydrogens is 454 g/mol. The van der Waals surface area contributed by atoms with Crippen LogP contribution in [0.15, 0.2) is 59.5 Å². The number of amides is 2.